The second-order valence-electron chi connectivity index (χ2n) is 3.07. The summed E-state index contributed by atoms with van der Waals surface area (Å²) >= 11 is 3.53. The number of rotatable bonds is 3. The van der Waals surface area contributed by atoms with Gasteiger partial charge in [0, 0.05) is 23.0 Å². The predicted octanol–water partition coefficient (Wildman–Crippen LogP) is 2.16. The van der Waals surface area contributed by atoms with E-state index < -0.39 is 11.3 Å². The van der Waals surface area contributed by atoms with E-state index in [9.17, 15) is 8.76 Å². The minimum absolute atomic E-state index is 0.248. The molecule has 0 bridgehead atoms. The molecule has 0 aliphatic rings. The molecule has 0 aliphatic carbocycles. The molecule has 0 heterocycles. The van der Waals surface area contributed by atoms with Crippen LogP contribution in [0.15, 0.2) is 6.07 Å². The topological polar surface area (TPSA) is 76.0 Å². The Labute approximate surface area is 95.6 Å². The van der Waals surface area contributed by atoms with Gasteiger partial charge in [-0.25, -0.2) is 0 Å². The lowest BCUT2D eigenvalue weighted by atomic mass is 10.0. The molecule has 0 saturated carbocycles. The van der Waals surface area contributed by atoms with Gasteiger partial charge in [-0.2, -0.15) is 0 Å². The van der Waals surface area contributed by atoms with Gasteiger partial charge < -0.3 is 14.7 Å². The zero-order valence-corrected chi connectivity index (χ0v) is 9.83. The molecule has 82 valence electrons. The van der Waals surface area contributed by atoms with E-state index in [0.29, 0.717) is 11.3 Å². The van der Waals surface area contributed by atoms with Crippen molar-refractivity contribution in [2.24, 2.45) is 0 Å². The van der Waals surface area contributed by atoms with Crippen LogP contribution in [0.4, 0.5) is 5.69 Å². The molecule has 0 aliphatic heterocycles. The first-order valence-corrected chi connectivity index (χ1v) is 5.58. The fourth-order valence-corrected chi connectivity index (χ4v) is 1.94. The maximum Gasteiger partial charge on any atom is 0.0736 e. The van der Waals surface area contributed by atoms with Crippen LogP contribution in [0.2, 0.25) is 5.02 Å². The van der Waals surface area contributed by atoms with Crippen LogP contribution in [0.3, 0.4) is 0 Å². The van der Waals surface area contributed by atoms with Gasteiger partial charge in [0.05, 0.1) is 10.7 Å². The fraction of sp³-hybridized carbons (Fsp3) is 0.222. The first-order chi connectivity index (χ1) is 6.97. The molecule has 15 heavy (non-hydrogen) atoms. The molecule has 2 N–H and O–H groups in total. The monoisotopic (exact) mass is 245 g/mol. The predicted molar refractivity (Wildman–Crippen MR) is 61.4 cm³/mol. The Hall–Kier alpha value is -0.910. The van der Waals surface area contributed by atoms with E-state index in [1.54, 1.807) is 6.07 Å². The van der Waals surface area contributed by atoms with E-state index in [4.69, 9.17) is 17.0 Å². The summed E-state index contributed by atoms with van der Waals surface area (Å²) in [5, 5.41) is 7.46. The van der Waals surface area contributed by atoms with Crippen molar-refractivity contribution in [2.45, 2.75) is 13.8 Å². The van der Waals surface area contributed by atoms with Crippen LogP contribution in [0.5, 0.6) is 0 Å². The Morgan fingerprint density at radius 3 is 2.67 bits per heavy atom. The van der Waals surface area contributed by atoms with Crippen molar-refractivity contribution in [3.63, 3.8) is 0 Å². The highest BCUT2D eigenvalue weighted by Gasteiger charge is 2.10. The van der Waals surface area contributed by atoms with Crippen LogP contribution >= 0.6 is 11.6 Å². The van der Waals surface area contributed by atoms with Crippen molar-refractivity contribution in [3.05, 3.63) is 27.8 Å². The third-order valence-electron chi connectivity index (χ3n) is 2.17. The lowest BCUT2D eigenvalue weighted by Gasteiger charge is -2.15. The van der Waals surface area contributed by atoms with Crippen LogP contribution in [0.25, 0.3) is 0 Å². The number of aryl methyl sites for hydroxylation is 1. The van der Waals surface area contributed by atoms with Crippen LogP contribution in [0.1, 0.15) is 16.7 Å². The Kier molecular flexibility index (Phi) is 3.84. The maximum atomic E-state index is 10.5. The molecule has 0 fully saturated rings. The van der Waals surface area contributed by atoms with Gasteiger partial charge >= 0.3 is 0 Å². The molecule has 1 unspecified atom stereocenters. The third kappa shape index (κ3) is 2.56. The van der Waals surface area contributed by atoms with Crippen LogP contribution in [-0.2, 0) is 11.3 Å². The maximum absolute atomic E-state index is 10.5. The van der Waals surface area contributed by atoms with Crippen molar-refractivity contribution in [2.75, 3.05) is 4.72 Å². The summed E-state index contributed by atoms with van der Waals surface area (Å²) in [7, 11) is 0. The molecular formula is C9H10ClN2O2S-. The average molecular weight is 246 g/mol. The molecule has 1 rings (SSSR count). The van der Waals surface area contributed by atoms with E-state index in [2.05, 4.69) is 4.72 Å². The van der Waals surface area contributed by atoms with Crippen molar-refractivity contribution in [1.82, 2.24) is 0 Å². The van der Waals surface area contributed by atoms with E-state index >= 15 is 0 Å². The Balaban J connectivity index is 3.36. The first-order valence-electron chi connectivity index (χ1n) is 4.13. The van der Waals surface area contributed by atoms with Crippen molar-refractivity contribution < 1.29 is 8.76 Å². The van der Waals surface area contributed by atoms with E-state index in [1.807, 2.05) is 13.8 Å². The van der Waals surface area contributed by atoms with Gasteiger partial charge in [0.15, 0.2) is 0 Å². The smallest absolute Gasteiger partial charge is 0.0736 e. The quantitative estimate of drug-likeness (QED) is 0.632. The third-order valence-corrected chi connectivity index (χ3v) is 2.96. The fourth-order valence-electron chi connectivity index (χ4n) is 1.25. The van der Waals surface area contributed by atoms with Gasteiger partial charge in [-0.3, -0.25) is 4.21 Å². The molecule has 0 spiro atoms. The van der Waals surface area contributed by atoms with Gasteiger partial charge in [-0.05, 0) is 31.0 Å². The standard InChI is InChI=1S/C9H11ClN2O2S/c1-5-3-8(12-15(13)14)9(10)7(4-11)6(5)2/h3-4,11-12H,1-2H3,(H,13,14)/p-1. The molecule has 6 heteroatoms. The first kappa shape index (κ1) is 12.2. The summed E-state index contributed by atoms with van der Waals surface area (Å²) in [6.07, 6.45) is 1.11. The average Bonchev–Trinajstić information content (AvgIpc) is 2.14. The van der Waals surface area contributed by atoms with Gasteiger partial charge in [-0.15, -0.1) is 0 Å². The molecule has 1 atom stereocenters. The molecule has 0 amide bonds. The van der Waals surface area contributed by atoms with Crippen molar-refractivity contribution >= 4 is 34.8 Å². The Morgan fingerprint density at radius 1 is 1.60 bits per heavy atom. The molecule has 4 nitrogen and oxygen atoms in total. The highest BCUT2D eigenvalue weighted by molar-refractivity contribution is 7.80. The SMILES string of the molecule is Cc1cc(NS(=O)[O-])c(Cl)c(C=N)c1C. The summed E-state index contributed by atoms with van der Waals surface area (Å²) in [4.78, 5) is 0. The van der Waals surface area contributed by atoms with Gasteiger partial charge in [0.2, 0.25) is 0 Å². The van der Waals surface area contributed by atoms with Crippen LogP contribution in [0, 0.1) is 19.3 Å². The molecular weight excluding hydrogens is 236 g/mol. The number of benzene rings is 1. The Bertz CT molecular complexity index is 435. The van der Waals surface area contributed by atoms with Crippen LogP contribution in [-0.4, -0.2) is 15.0 Å². The second-order valence-corrected chi connectivity index (χ2v) is 4.13. The van der Waals surface area contributed by atoms with Crippen LogP contribution < -0.4 is 4.72 Å². The lowest BCUT2D eigenvalue weighted by molar-refractivity contribution is 0.542. The van der Waals surface area contributed by atoms with E-state index in [0.717, 1.165) is 17.3 Å². The summed E-state index contributed by atoms with van der Waals surface area (Å²) in [6, 6.07) is 1.64. The number of hydrogen-bond donors (Lipinski definition) is 2. The zero-order valence-electron chi connectivity index (χ0n) is 8.26. The number of anilines is 1. The molecule has 1 aromatic rings. The minimum Gasteiger partial charge on any atom is -0.755 e. The molecule has 1 aromatic carbocycles. The Morgan fingerprint density at radius 2 is 2.20 bits per heavy atom. The summed E-state index contributed by atoms with van der Waals surface area (Å²) in [5.74, 6) is 0. The normalized spacial score (nSPS) is 12.3. The zero-order chi connectivity index (χ0) is 11.6. The van der Waals surface area contributed by atoms with Gasteiger partial charge in [0.1, 0.15) is 0 Å². The molecule has 0 radical (unpaired) electrons. The van der Waals surface area contributed by atoms with E-state index in [1.165, 1.54) is 0 Å². The summed E-state index contributed by atoms with van der Waals surface area (Å²) in [6.45, 7) is 3.66. The van der Waals surface area contributed by atoms with E-state index in [-0.39, 0.29) is 5.02 Å². The minimum atomic E-state index is -2.41. The lowest BCUT2D eigenvalue weighted by Crippen LogP contribution is -2.05. The molecule has 0 aromatic heterocycles. The highest BCUT2D eigenvalue weighted by Crippen LogP contribution is 2.30. The number of hydrogen-bond acceptors (Lipinski definition) is 3. The van der Waals surface area contributed by atoms with Gasteiger partial charge in [0.25, 0.3) is 0 Å². The van der Waals surface area contributed by atoms with Crippen molar-refractivity contribution in [3.8, 4) is 0 Å². The number of nitrogens with one attached hydrogen (secondary N) is 2. The van der Waals surface area contributed by atoms with Crippen molar-refractivity contribution in [1.29, 1.82) is 5.41 Å². The molecule has 0 saturated heterocycles. The second kappa shape index (κ2) is 4.74. The highest BCUT2D eigenvalue weighted by atomic mass is 35.5. The summed E-state index contributed by atoms with van der Waals surface area (Å²) in [5.41, 5.74) is 2.58. The largest absolute Gasteiger partial charge is 0.755 e. The number of halogens is 1. The summed E-state index contributed by atoms with van der Waals surface area (Å²) < 4.78 is 23.2. The van der Waals surface area contributed by atoms with Gasteiger partial charge in [-0.1, -0.05) is 11.6 Å².